The summed E-state index contributed by atoms with van der Waals surface area (Å²) in [5.41, 5.74) is 1.40. The number of anilines is 2. The molecular formula is C31H42ClF2N7. The summed E-state index contributed by atoms with van der Waals surface area (Å²) in [7, 11) is 0. The van der Waals surface area contributed by atoms with Gasteiger partial charge in [0.15, 0.2) is 0 Å². The van der Waals surface area contributed by atoms with Crippen LogP contribution in [-0.4, -0.2) is 66.5 Å². The first kappa shape index (κ1) is 29.9. The second-order valence-electron chi connectivity index (χ2n) is 12.1. The molecule has 222 valence electrons. The van der Waals surface area contributed by atoms with Crippen molar-refractivity contribution in [2.24, 2.45) is 23.7 Å². The zero-order valence-corrected chi connectivity index (χ0v) is 24.4. The van der Waals surface area contributed by atoms with Crippen molar-refractivity contribution >= 4 is 23.4 Å². The van der Waals surface area contributed by atoms with E-state index >= 15 is 0 Å². The lowest BCUT2D eigenvalue weighted by atomic mass is 9.64. The number of fused-ring (bicyclic) bond motifs is 2. The van der Waals surface area contributed by atoms with Crippen molar-refractivity contribution in [3.8, 4) is 6.07 Å². The molecule has 10 heteroatoms. The fourth-order valence-corrected chi connectivity index (χ4v) is 7.37. The van der Waals surface area contributed by atoms with Crippen LogP contribution in [0.15, 0.2) is 30.5 Å². The second-order valence-corrected chi connectivity index (χ2v) is 12.5. The predicted molar refractivity (Wildman–Crippen MR) is 159 cm³/mol. The van der Waals surface area contributed by atoms with Crippen molar-refractivity contribution in [1.29, 1.82) is 5.26 Å². The lowest BCUT2D eigenvalue weighted by molar-refractivity contribution is 0.0714. The number of hydrogen-bond donors (Lipinski definition) is 3. The molecule has 5 rings (SSSR count). The molecule has 3 N–H and O–H groups in total. The highest BCUT2D eigenvalue weighted by Crippen LogP contribution is 2.43. The molecule has 1 saturated heterocycles. The lowest BCUT2D eigenvalue weighted by Crippen LogP contribution is -2.52. The maximum absolute atomic E-state index is 13.1. The molecule has 0 amide bonds. The van der Waals surface area contributed by atoms with E-state index in [1.54, 1.807) is 6.20 Å². The number of nitrogens with zero attached hydrogens (tertiary/aromatic N) is 4. The van der Waals surface area contributed by atoms with Gasteiger partial charge in [-0.1, -0.05) is 36.2 Å². The Kier molecular flexibility index (Phi) is 10.6. The zero-order chi connectivity index (χ0) is 28.6. The fourth-order valence-electron chi connectivity index (χ4n) is 7.17. The van der Waals surface area contributed by atoms with Gasteiger partial charge in [0, 0.05) is 24.2 Å². The number of likely N-dealkylation sites (tertiary alicyclic amines) is 1. The van der Waals surface area contributed by atoms with E-state index in [2.05, 4.69) is 32.0 Å². The highest BCUT2D eigenvalue weighted by Gasteiger charge is 2.40. The molecule has 1 unspecified atom stereocenters. The van der Waals surface area contributed by atoms with Crippen molar-refractivity contribution in [3.63, 3.8) is 0 Å². The number of nitrogens with one attached hydrogen (secondary N) is 3. The van der Waals surface area contributed by atoms with Gasteiger partial charge in [0.05, 0.1) is 12.2 Å². The minimum Gasteiger partial charge on any atom is -0.369 e. The first-order valence-corrected chi connectivity index (χ1v) is 15.5. The Balaban J connectivity index is 1.11. The van der Waals surface area contributed by atoms with Crippen molar-refractivity contribution < 1.29 is 8.78 Å². The van der Waals surface area contributed by atoms with Gasteiger partial charge in [0.25, 0.3) is 0 Å². The standard InChI is InChI=1S/C31H42ClF2N7/c32-28-7-2-1-4-25(28)19-38-31-39-20-26(16-35)30(40-31)37-18-22-12-23-5-3-6-24(13-22)29(23)36-17-21-8-10-41(11-9-21)27(14-33)15-34/h1-2,4,7,20-24,27,29,36H,3,5-6,8-15,17-19H2,(H2,37,38,39,40)/t22?,23-,24+,29-. The van der Waals surface area contributed by atoms with Crippen LogP contribution in [0.5, 0.6) is 0 Å². The van der Waals surface area contributed by atoms with Crippen molar-refractivity contribution in [3.05, 3.63) is 46.6 Å². The maximum atomic E-state index is 13.1. The molecule has 3 aliphatic rings. The third-order valence-electron chi connectivity index (χ3n) is 9.46. The molecule has 2 aromatic rings. The van der Waals surface area contributed by atoms with Crippen LogP contribution >= 0.6 is 11.6 Å². The van der Waals surface area contributed by atoms with Crippen LogP contribution in [0.25, 0.3) is 0 Å². The Bertz CT molecular complexity index is 1150. The van der Waals surface area contributed by atoms with Crippen LogP contribution < -0.4 is 16.0 Å². The average molecular weight is 586 g/mol. The molecule has 4 atom stereocenters. The fraction of sp³-hybridized carbons (Fsp3) is 0.645. The summed E-state index contributed by atoms with van der Waals surface area (Å²) in [5.74, 6) is 3.46. The summed E-state index contributed by atoms with van der Waals surface area (Å²) in [5, 5.41) is 21.0. The molecule has 2 saturated carbocycles. The number of piperidine rings is 1. The Labute approximate surface area is 247 Å². The Morgan fingerprint density at radius 2 is 1.73 bits per heavy atom. The molecule has 7 nitrogen and oxygen atoms in total. The molecule has 0 spiro atoms. The molecule has 0 radical (unpaired) electrons. The van der Waals surface area contributed by atoms with E-state index in [9.17, 15) is 14.0 Å². The van der Waals surface area contributed by atoms with Crippen molar-refractivity contribution in [1.82, 2.24) is 20.2 Å². The highest BCUT2D eigenvalue weighted by atomic mass is 35.5. The number of alkyl halides is 2. The van der Waals surface area contributed by atoms with Crippen molar-refractivity contribution in [2.75, 3.05) is 50.2 Å². The summed E-state index contributed by atoms with van der Waals surface area (Å²) in [6.45, 7) is 2.68. The first-order valence-electron chi connectivity index (χ1n) is 15.2. The minimum absolute atomic E-state index is 0.444. The number of nitriles is 1. The molecular weight excluding hydrogens is 544 g/mol. The van der Waals surface area contributed by atoms with Gasteiger partial charge in [0.2, 0.25) is 5.95 Å². The minimum atomic E-state index is -0.600. The van der Waals surface area contributed by atoms with Gasteiger partial charge in [0.1, 0.15) is 30.8 Å². The van der Waals surface area contributed by atoms with Gasteiger partial charge in [-0.15, -0.1) is 0 Å². The number of benzene rings is 1. The van der Waals surface area contributed by atoms with E-state index in [-0.39, 0.29) is 0 Å². The van der Waals surface area contributed by atoms with Gasteiger partial charge in [-0.05, 0) is 93.5 Å². The second kappa shape index (κ2) is 14.6. The third-order valence-corrected chi connectivity index (χ3v) is 9.83. The van der Waals surface area contributed by atoms with E-state index in [1.807, 2.05) is 29.2 Å². The zero-order valence-electron chi connectivity index (χ0n) is 23.7. The first-order chi connectivity index (χ1) is 20.1. The van der Waals surface area contributed by atoms with Crippen molar-refractivity contribution in [2.45, 2.75) is 63.6 Å². The van der Waals surface area contributed by atoms with E-state index in [0.717, 1.165) is 44.6 Å². The molecule has 2 bridgehead atoms. The number of halogens is 3. The number of hydrogen-bond acceptors (Lipinski definition) is 7. The molecule has 2 aliphatic carbocycles. The summed E-state index contributed by atoms with van der Waals surface area (Å²) in [4.78, 5) is 10.9. The topological polar surface area (TPSA) is 88.9 Å². The van der Waals surface area contributed by atoms with Gasteiger partial charge >= 0.3 is 0 Å². The Hall–Kier alpha value is -2.54. The molecule has 41 heavy (non-hydrogen) atoms. The third kappa shape index (κ3) is 7.65. The van der Waals surface area contributed by atoms with Crippen LogP contribution in [0.2, 0.25) is 5.02 Å². The smallest absolute Gasteiger partial charge is 0.224 e. The summed E-state index contributed by atoms with van der Waals surface area (Å²) in [6.07, 6.45) is 9.72. The van der Waals surface area contributed by atoms with Crippen LogP contribution in [0.4, 0.5) is 20.5 Å². The highest BCUT2D eigenvalue weighted by molar-refractivity contribution is 6.31. The summed E-state index contributed by atoms with van der Waals surface area (Å²) in [6, 6.07) is 9.87. The predicted octanol–water partition coefficient (Wildman–Crippen LogP) is 5.83. The van der Waals surface area contributed by atoms with Crippen LogP contribution in [0.3, 0.4) is 0 Å². The maximum Gasteiger partial charge on any atom is 0.224 e. The van der Waals surface area contributed by atoms with Gasteiger partial charge in [-0.25, -0.2) is 13.8 Å². The molecule has 1 aromatic heterocycles. The van der Waals surface area contributed by atoms with Gasteiger partial charge in [-0.3, -0.25) is 4.90 Å². The van der Waals surface area contributed by atoms with E-state index in [4.69, 9.17) is 11.6 Å². The number of aromatic nitrogens is 2. The largest absolute Gasteiger partial charge is 0.369 e. The average Bonchev–Trinajstić information content (AvgIpc) is 2.99. The summed E-state index contributed by atoms with van der Waals surface area (Å²) < 4.78 is 26.2. The van der Waals surface area contributed by atoms with Crippen LogP contribution in [0.1, 0.15) is 56.1 Å². The van der Waals surface area contributed by atoms with Crippen LogP contribution in [0, 0.1) is 35.0 Å². The normalized spacial score (nSPS) is 25.1. The molecule has 1 aliphatic heterocycles. The van der Waals surface area contributed by atoms with E-state index in [1.165, 1.54) is 32.1 Å². The monoisotopic (exact) mass is 585 g/mol. The molecule has 2 heterocycles. The SMILES string of the molecule is N#Cc1cnc(NCc2ccccc2Cl)nc1NCC1C[C@H]2CCC[C@@H](C1)[C@@H]2NCC1CCN(C(CF)CF)CC1. The molecule has 1 aromatic carbocycles. The quantitative estimate of drug-likeness (QED) is 0.289. The summed E-state index contributed by atoms with van der Waals surface area (Å²) >= 11 is 6.28. The van der Waals surface area contributed by atoms with E-state index in [0.29, 0.717) is 58.6 Å². The lowest BCUT2D eigenvalue weighted by Gasteiger charge is -2.47. The van der Waals surface area contributed by atoms with E-state index < -0.39 is 19.4 Å². The van der Waals surface area contributed by atoms with Gasteiger partial charge in [-0.2, -0.15) is 10.2 Å². The van der Waals surface area contributed by atoms with Gasteiger partial charge < -0.3 is 16.0 Å². The Morgan fingerprint density at radius 3 is 2.41 bits per heavy atom. The Morgan fingerprint density at radius 1 is 1.00 bits per heavy atom. The molecule has 3 fully saturated rings. The van der Waals surface area contributed by atoms with Crippen LogP contribution in [-0.2, 0) is 6.54 Å². The number of rotatable bonds is 12.